The third-order valence-corrected chi connectivity index (χ3v) is 8.07. The normalized spacial score (nSPS) is 44.2. The van der Waals surface area contributed by atoms with Gasteiger partial charge in [-0.3, -0.25) is 4.79 Å². The fraction of sp³-hybridized carbons (Fsp3) is 0.870. The molecule has 7 heteroatoms. The minimum Gasteiger partial charge on any atom is -0.435 e. The van der Waals surface area contributed by atoms with Crippen LogP contribution < -0.4 is 5.32 Å². The van der Waals surface area contributed by atoms with Crippen LogP contribution in [0.25, 0.3) is 0 Å². The number of amides is 2. The molecule has 6 atom stereocenters. The summed E-state index contributed by atoms with van der Waals surface area (Å²) in [6.45, 7) is 5.62. The molecule has 0 spiro atoms. The Hall–Kier alpha value is -1.81. The summed E-state index contributed by atoms with van der Waals surface area (Å²) in [5, 5.41) is 23.6. The molecule has 1 aliphatic heterocycles. The summed E-state index contributed by atoms with van der Waals surface area (Å²) in [4.78, 5) is 28.3. The Bertz CT molecular complexity index is 798. The Morgan fingerprint density at radius 1 is 1.17 bits per heavy atom. The van der Waals surface area contributed by atoms with Crippen LogP contribution >= 0.6 is 0 Å². The van der Waals surface area contributed by atoms with Crippen molar-refractivity contribution < 1.29 is 19.4 Å². The molecule has 0 aromatic carbocycles. The molecule has 2 N–H and O–H groups in total. The second-order valence-electron chi connectivity index (χ2n) is 11.9. The van der Waals surface area contributed by atoms with Crippen LogP contribution in [0.2, 0.25) is 0 Å². The van der Waals surface area contributed by atoms with E-state index in [2.05, 4.69) is 11.4 Å². The highest BCUT2D eigenvalue weighted by Gasteiger charge is 2.64. The lowest BCUT2D eigenvalue weighted by molar-refractivity contribution is -0.201. The topological polar surface area (TPSA) is 103 Å². The molecule has 1 heterocycles. The van der Waals surface area contributed by atoms with E-state index in [9.17, 15) is 20.0 Å². The number of hydrogen-bond donors (Lipinski definition) is 2. The maximum Gasteiger partial charge on any atom is 0.408 e. The maximum atomic E-state index is 13.9. The second-order valence-corrected chi connectivity index (χ2v) is 11.9. The van der Waals surface area contributed by atoms with Gasteiger partial charge in [-0.25, -0.2) is 4.79 Å². The fourth-order valence-corrected chi connectivity index (χ4v) is 7.50. The van der Waals surface area contributed by atoms with Crippen LogP contribution in [0.3, 0.4) is 0 Å². The molecule has 6 fully saturated rings. The van der Waals surface area contributed by atoms with Crippen molar-refractivity contribution in [2.45, 2.75) is 101 Å². The third-order valence-electron chi connectivity index (χ3n) is 8.07. The zero-order valence-electron chi connectivity index (χ0n) is 18.2. The SMILES string of the molecule is CC(C)(C)NC(=O)OC(C(=O)N1[C@H](C#N)C[C@@H]2C[C@@H]21)C12CC3CC(CC(O)(C3)C1)C2. The van der Waals surface area contributed by atoms with Gasteiger partial charge in [0.25, 0.3) is 5.91 Å². The number of piperidine rings is 1. The summed E-state index contributed by atoms with van der Waals surface area (Å²) >= 11 is 0. The minimum atomic E-state index is -0.938. The van der Waals surface area contributed by atoms with Gasteiger partial charge in [-0.2, -0.15) is 5.26 Å². The lowest BCUT2D eigenvalue weighted by atomic mass is 9.46. The van der Waals surface area contributed by atoms with Crippen molar-refractivity contribution in [3.63, 3.8) is 0 Å². The van der Waals surface area contributed by atoms with Gasteiger partial charge in [-0.15, -0.1) is 0 Å². The minimum absolute atomic E-state index is 0.107. The smallest absolute Gasteiger partial charge is 0.408 e. The average Bonchev–Trinajstić information content (AvgIpc) is 3.25. The van der Waals surface area contributed by atoms with E-state index in [0.717, 1.165) is 44.9 Å². The summed E-state index contributed by atoms with van der Waals surface area (Å²) in [7, 11) is 0. The van der Waals surface area contributed by atoms with Gasteiger partial charge in [0.1, 0.15) is 6.04 Å². The van der Waals surface area contributed by atoms with Gasteiger partial charge in [0, 0.05) is 17.0 Å². The summed E-state index contributed by atoms with van der Waals surface area (Å²) in [5.74, 6) is 0.934. The van der Waals surface area contributed by atoms with E-state index in [-0.39, 0.29) is 11.9 Å². The first kappa shape index (κ1) is 20.1. The highest BCUT2D eigenvalue weighted by Crippen LogP contribution is 2.64. The number of rotatable bonds is 3. The molecule has 30 heavy (non-hydrogen) atoms. The van der Waals surface area contributed by atoms with E-state index >= 15 is 0 Å². The molecule has 2 amide bonds. The Morgan fingerprint density at radius 3 is 2.40 bits per heavy atom. The predicted molar refractivity (Wildman–Crippen MR) is 108 cm³/mol. The largest absolute Gasteiger partial charge is 0.435 e. The quantitative estimate of drug-likeness (QED) is 0.738. The third kappa shape index (κ3) is 3.28. The number of likely N-dealkylation sites (tertiary alicyclic amines) is 1. The number of nitriles is 1. The molecule has 4 bridgehead atoms. The van der Waals surface area contributed by atoms with E-state index in [1.54, 1.807) is 4.90 Å². The van der Waals surface area contributed by atoms with Crippen LogP contribution in [0, 0.1) is 34.5 Å². The first-order chi connectivity index (χ1) is 14.0. The van der Waals surface area contributed by atoms with Gasteiger partial charge in [0.05, 0.1) is 11.7 Å². The predicted octanol–water partition coefficient (Wildman–Crippen LogP) is 2.72. The highest BCUT2D eigenvalue weighted by molar-refractivity contribution is 5.86. The van der Waals surface area contributed by atoms with Crippen LogP contribution in [0.15, 0.2) is 0 Å². The summed E-state index contributed by atoms with van der Waals surface area (Å²) in [5.41, 5.74) is -1.76. The Labute approximate surface area is 178 Å². The molecule has 0 aromatic heterocycles. The number of nitrogens with zero attached hydrogens (tertiary/aromatic N) is 2. The molecule has 5 aliphatic carbocycles. The van der Waals surface area contributed by atoms with E-state index in [0.29, 0.717) is 24.2 Å². The monoisotopic (exact) mass is 415 g/mol. The maximum absolute atomic E-state index is 13.9. The molecule has 6 aliphatic rings. The van der Waals surface area contributed by atoms with Crippen molar-refractivity contribution in [2.75, 3.05) is 0 Å². The number of nitrogens with one attached hydrogen (secondary N) is 1. The number of carbonyl (C=O) groups is 2. The van der Waals surface area contributed by atoms with Crippen molar-refractivity contribution in [3.05, 3.63) is 0 Å². The van der Waals surface area contributed by atoms with Crippen LogP contribution in [0.4, 0.5) is 4.79 Å². The number of aliphatic hydroxyl groups is 1. The van der Waals surface area contributed by atoms with Crippen LogP contribution in [0.5, 0.6) is 0 Å². The number of hydrogen-bond acceptors (Lipinski definition) is 5. The molecule has 1 saturated heterocycles. The average molecular weight is 416 g/mol. The molecule has 0 radical (unpaired) electrons. The number of carbonyl (C=O) groups excluding carboxylic acids is 2. The summed E-state index contributed by atoms with van der Waals surface area (Å²) in [6.07, 6.45) is 4.92. The zero-order valence-corrected chi connectivity index (χ0v) is 18.2. The Balaban J connectivity index is 1.47. The highest BCUT2D eigenvalue weighted by atomic mass is 16.6. The Kier molecular flexibility index (Phi) is 4.26. The number of fused-ring (bicyclic) bond motifs is 1. The van der Waals surface area contributed by atoms with Gasteiger partial charge in [0.2, 0.25) is 0 Å². The molecule has 0 aromatic rings. The lowest BCUT2D eigenvalue weighted by Gasteiger charge is -2.61. The van der Waals surface area contributed by atoms with E-state index < -0.39 is 34.8 Å². The molecule has 5 saturated carbocycles. The van der Waals surface area contributed by atoms with E-state index in [4.69, 9.17) is 4.74 Å². The fourth-order valence-electron chi connectivity index (χ4n) is 7.50. The summed E-state index contributed by atoms with van der Waals surface area (Å²) in [6, 6.07) is 1.96. The van der Waals surface area contributed by atoms with Crippen molar-refractivity contribution in [2.24, 2.45) is 23.2 Å². The standard InChI is InChI=1S/C23H33N3O4/c1-21(2,3)25-20(28)30-18(19(27)26-16(11-24)5-15-6-17(15)26)22-7-13-4-14(8-22)10-23(29,9-13)12-22/h13-18,29H,4-10,12H2,1-3H3,(H,25,28)/t13?,14?,15-,16+,17+,18?,22?,23?/m1/s1. The van der Waals surface area contributed by atoms with Crippen molar-refractivity contribution in [1.29, 1.82) is 5.26 Å². The van der Waals surface area contributed by atoms with Gasteiger partial charge >= 0.3 is 6.09 Å². The van der Waals surface area contributed by atoms with Gasteiger partial charge in [-0.05, 0) is 89.9 Å². The van der Waals surface area contributed by atoms with Crippen LogP contribution in [0.1, 0.15) is 72.1 Å². The Morgan fingerprint density at radius 2 is 1.83 bits per heavy atom. The lowest BCUT2D eigenvalue weighted by Crippen LogP contribution is -2.63. The van der Waals surface area contributed by atoms with Crippen molar-refractivity contribution in [3.8, 4) is 6.07 Å². The molecule has 6 rings (SSSR count). The number of alkyl carbamates (subject to hydrolysis) is 1. The second kappa shape index (κ2) is 6.35. The van der Waals surface area contributed by atoms with Crippen molar-refractivity contribution >= 4 is 12.0 Å². The molecule has 7 nitrogen and oxygen atoms in total. The first-order valence-electron chi connectivity index (χ1n) is 11.4. The molecular formula is C23H33N3O4. The first-order valence-corrected chi connectivity index (χ1v) is 11.4. The zero-order chi connectivity index (χ0) is 21.5. The van der Waals surface area contributed by atoms with Crippen molar-refractivity contribution in [1.82, 2.24) is 10.2 Å². The molecule has 164 valence electrons. The van der Waals surface area contributed by atoms with E-state index in [1.165, 1.54) is 0 Å². The number of ether oxygens (including phenoxy) is 1. The van der Waals surface area contributed by atoms with Gasteiger partial charge in [0.15, 0.2) is 6.10 Å². The van der Waals surface area contributed by atoms with Gasteiger partial charge < -0.3 is 20.1 Å². The van der Waals surface area contributed by atoms with E-state index in [1.807, 2.05) is 20.8 Å². The molecule has 3 unspecified atom stereocenters. The van der Waals surface area contributed by atoms with Crippen LogP contribution in [-0.4, -0.2) is 51.3 Å². The molecular weight excluding hydrogens is 382 g/mol. The summed E-state index contributed by atoms with van der Waals surface area (Å²) < 4.78 is 5.93. The van der Waals surface area contributed by atoms with Gasteiger partial charge in [-0.1, -0.05) is 0 Å². The van der Waals surface area contributed by atoms with Crippen LogP contribution in [-0.2, 0) is 9.53 Å².